The fourth-order valence-corrected chi connectivity index (χ4v) is 9.51. The summed E-state index contributed by atoms with van der Waals surface area (Å²) in [6.07, 6.45) is 70.8. The Labute approximate surface area is 424 Å². The Bertz CT molecular complexity index is 1060. The first kappa shape index (κ1) is 66.3. The number of esters is 1. The molecule has 2 atom stereocenters. The Hall–Kier alpha value is -1.66. The van der Waals surface area contributed by atoms with Crippen molar-refractivity contribution in [3.05, 3.63) is 24.3 Å². The van der Waals surface area contributed by atoms with Gasteiger partial charge in [0.05, 0.1) is 25.4 Å². The minimum atomic E-state index is -0.846. The van der Waals surface area contributed by atoms with Crippen LogP contribution in [0.5, 0.6) is 0 Å². The molecule has 0 spiro atoms. The quantitative estimate of drug-likeness (QED) is 0.0321. The number of carbonyl (C=O) groups excluding carboxylic acids is 2. The highest BCUT2D eigenvalue weighted by molar-refractivity contribution is 5.76. The average Bonchev–Trinajstić information content (AvgIpc) is 3.34. The smallest absolute Gasteiger partial charge is 0.305 e. The molecule has 0 aromatic rings. The maximum atomic E-state index is 12.4. The zero-order chi connectivity index (χ0) is 49.3. The molecule has 0 aromatic carbocycles. The summed E-state index contributed by atoms with van der Waals surface area (Å²) in [4.78, 5) is 24.5. The van der Waals surface area contributed by atoms with Gasteiger partial charge in [0, 0.05) is 12.8 Å². The Balaban J connectivity index is 3.38. The summed E-state index contributed by atoms with van der Waals surface area (Å²) in [7, 11) is 0. The van der Waals surface area contributed by atoms with Gasteiger partial charge in [0.2, 0.25) is 5.91 Å². The van der Waals surface area contributed by atoms with Gasteiger partial charge in [-0.2, -0.15) is 0 Å². The predicted octanol–water partition coefficient (Wildman–Crippen LogP) is 19.0. The van der Waals surface area contributed by atoms with E-state index >= 15 is 0 Å². The number of hydrogen-bond donors (Lipinski definition) is 3. The molecular formula is C62H119NO5. The predicted molar refractivity (Wildman–Crippen MR) is 296 cm³/mol. The number of aliphatic hydroxyl groups is 2. The fraction of sp³-hybridized carbons (Fsp3) is 0.903. The lowest BCUT2D eigenvalue weighted by Gasteiger charge is -2.20. The van der Waals surface area contributed by atoms with Gasteiger partial charge in [-0.05, 0) is 57.8 Å². The van der Waals surface area contributed by atoms with Crippen molar-refractivity contribution in [2.45, 2.75) is 347 Å². The zero-order valence-corrected chi connectivity index (χ0v) is 45.9. The van der Waals surface area contributed by atoms with E-state index in [1.165, 1.54) is 263 Å². The summed E-state index contributed by atoms with van der Waals surface area (Å²) in [6.45, 7) is 4.90. The number of ether oxygens (including phenoxy) is 1. The summed E-state index contributed by atoms with van der Waals surface area (Å²) in [5.41, 5.74) is 0. The van der Waals surface area contributed by atoms with Gasteiger partial charge in [-0.25, -0.2) is 0 Å². The van der Waals surface area contributed by atoms with Gasteiger partial charge < -0.3 is 20.3 Å². The maximum Gasteiger partial charge on any atom is 0.305 e. The van der Waals surface area contributed by atoms with Crippen LogP contribution in [0.4, 0.5) is 0 Å². The molecule has 0 saturated carbocycles. The van der Waals surface area contributed by atoms with Crippen molar-refractivity contribution in [1.29, 1.82) is 0 Å². The second kappa shape index (κ2) is 57.9. The molecule has 1 amide bonds. The van der Waals surface area contributed by atoms with E-state index in [2.05, 4.69) is 31.3 Å². The van der Waals surface area contributed by atoms with Gasteiger partial charge in [0.25, 0.3) is 0 Å². The molecule has 0 heterocycles. The lowest BCUT2D eigenvalue weighted by molar-refractivity contribution is -0.143. The van der Waals surface area contributed by atoms with E-state index in [0.29, 0.717) is 19.4 Å². The Kier molecular flexibility index (Phi) is 56.5. The van der Waals surface area contributed by atoms with Crippen LogP contribution in [-0.4, -0.2) is 47.4 Å². The summed E-state index contributed by atoms with van der Waals surface area (Å²) in [5.74, 6) is -0.0620. The number of allylic oxidation sites excluding steroid dienone is 3. The average molecular weight is 959 g/mol. The number of hydrogen-bond acceptors (Lipinski definition) is 5. The van der Waals surface area contributed by atoms with Gasteiger partial charge >= 0.3 is 5.97 Å². The third-order valence-corrected chi connectivity index (χ3v) is 14.2. The van der Waals surface area contributed by atoms with E-state index in [1.807, 2.05) is 6.08 Å². The Morgan fingerprint density at radius 3 is 1.04 bits per heavy atom. The normalized spacial score (nSPS) is 12.7. The van der Waals surface area contributed by atoms with Gasteiger partial charge in [-0.3, -0.25) is 9.59 Å². The summed E-state index contributed by atoms with van der Waals surface area (Å²) in [6, 6.07) is -0.631. The highest BCUT2D eigenvalue weighted by Crippen LogP contribution is 2.17. The van der Waals surface area contributed by atoms with E-state index in [-0.39, 0.29) is 18.5 Å². The topological polar surface area (TPSA) is 95.9 Å². The molecule has 6 heteroatoms. The van der Waals surface area contributed by atoms with Crippen LogP contribution in [0.1, 0.15) is 335 Å². The molecule has 6 nitrogen and oxygen atoms in total. The van der Waals surface area contributed by atoms with Crippen LogP contribution in [0, 0.1) is 0 Å². The molecule has 402 valence electrons. The molecule has 0 aromatic heterocycles. The number of unbranched alkanes of at least 4 members (excludes halogenated alkanes) is 44. The Morgan fingerprint density at radius 2 is 0.691 bits per heavy atom. The van der Waals surface area contributed by atoms with Crippen molar-refractivity contribution in [2.24, 2.45) is 0 Å². The van der Waals surface area contributed by atoms with Crippen LogP contribution in [0.3, 0.4) is 0 Å². The highest BCUT2D eigenvalue weighted by Gasteiger charge is 2.18. The standard InChI is InChI=1S/C62H119NO5/c1-3-5-7-9-11-13-15-16-17-18-23-27-30-33-36-40-44-48-52-56-62(67)68-57-53-49-45-41-37-34-31-28-25-22-20-19-21-24-26-29-32-35-39-43-47-51-55-61(66)63-59(58-64)60(65)54-50-46-42-38-14-12-10-8-6-4-2/h21,24,50,54,59-60,64-65H,3-20,22-23,25-49,51-53,55-58H2,1-2H3,(H,63,66)/b24-21-,54-50+. The van der Waals surface area contributed by atoms with Crippen molar-refractivity contribution < 1.29 is 24.5 Å². The molecule has 0 saturated heterocycles. The summed E-state index contributed by atoms with van der Waals surface area (Å²) < 4.78 is 5.50. The van der Waals surface area contributed by atoms with E-state index in [0.717, 1.165) is 44.9 Å². The molecule has 0 rings (SSSR count). The van der Waals surface area contributed by atoms with E-state index in [1.54, 1.807) is 6.08 Å². The molecular weight excluding hydrogens is 839 g/mol. The number of carbonyl (C=O) groups is 2. The molecule has 0 radical (unpaired) electrons. The minimum Gasteiger partial charge on any atom is -0.466 e. The molecule has 0 bridgehead atoms. The molecule has 0 aliphatic carbocycles. The summed E-state index contributed by atoms with van der Waals surface area (Å²) >= 11 is 0. The molecule has 0 aliphatic heterocycles. The third kappa shape index (κ3) is 53.7. The summed E-state index contributed by atoms with van der Waals surface area (Å²) in [5, 5.41) is 23.0. The van der Waals surface area contributed by atoms with Crippen LogP contribution < -0.4 is 5.32 Å². The second-order valence-electron chi connectivity index (χ2n) is 21.0. The van der Waals surface area contributed by atoms with Crippen molar-refractivity contribution >= 4 is 11.9 Å². The molecule has 3 N–H and O–H groups in total. The van der Waals surface area contributed by atoms with Crippen LogP contribution in [0.25, 0.3) is 0 Å². The molecule has 68 heavy (non-hydrogen) atoms. The Morgan fingerprint density at radius 1 is 0.397 bits per heavy atom. The van der Waals surface area contributed by atoms with E-state index in [9.17, 15) is 19.8 Å². The van der Waals surface area contributed by atoms with Gasteiger partial charge in [-0.1, -0.05) is 289 Å². The van der Waals surface area contributed by atoms with Crippen LogP contribution in [-0.2, 0) is 14.3 Å². The van der Waals surface area contributed by atoms with Crippen LogP contribution >= 0.6 is 0 Å². The van der Waals surface area contributed by atoms with Crippen molar-refractivity contribution in [3.63, 3.8) is 0 Å². The first-order valence-corrected chi connectivity index (χ1v) is 30.6. The van der Waals surface area contributed by atoms with Crippen LogP contribution in [0.15, 0.2) is 24.3 Å². The number of nitrogens with one attached hydrogen (secondary N) is 1. The lowest BCUT2D eigenvalue weighted by atomic mass is 10.0. The number of aliphatic hydroxyl groups excluding tert-OH is 2. The van der Waals surface area contributed by atoms with E-state index < -0.39 is 12.1 Å². The SMILES string of the molecule is CCCCCCCCCC/C=C/C(O)C(CO)NC(=O)CCCCCCCCC/C=C\CCCCCCCCCCCCCOC(=O)CCCCCCCCCCCCCCCCCCCCC. The monoisotopic (exact) mass is 958 g/mol. The van der Waals surface area contributed by atoms with Crippen molar-refractivity contribution in [1.82, 2.24) is 5.32 Å². The highest BCUT2D eigenvalue weighted by atomic mass is 16.5. The van der Waals surface area contributed by atoms with Gasteiger partial charge in [-0.15, -0.1) is 0 Å². The largest absolute Gasteiger partial charge is 0.466 e. The maximum absolute atomic E-state index is 12.4. The minimum absolute atomic E-state index is 0.0142. The van der Waals surface area contributed by atoms with Crippen molar-refractivity contribution in [3.8, 4) is 0 Å². The van der Waals surface area contributed by atoms with Gasteiger partial charge in [0.15, 0.2) is 0 Å². The lowest BCUT2D eigenvalue weighted by Crippen LogP contribution is -2.45. The van der Waals surface area contributed by atoms with Crippen LogP contribution in [0.2, 0.25) is 0 Å². The molecule has 0 fully saturated rings. The fourth-order valence-electron chi connectivity index (χ4n) is 9.51. The first-order valence-electron chi connectivity index (χ1n) is 30.6. The number of rotatable bonds is 57. The third-order valence-electron chi connectivity index (χ3n) is 14.2. The van der Waals surface area contributed by atoms with E-state index in [4.69, 9.17) is 4.74 Å². The zero-order valence-electron chi connectivity index (χ0n) is 45.9. The molecule has 0 aliphatic rings. The van der Waals surface area contributed by atoms with Crippen molar-refractivity contribution in [2.75, 3.05) is 13.2 Å². The number of amides is 1. The second-order valence-corrected chi connectivity index (χ2v) is 21.0. The van der Waals surface area contributed by atoms with Gasteiger partial charge in [0.1, 0.15) is 0 Å². The first-order chi connectivity index (χ1) is 33.5. The molecule has 2 unspecified atom stereocenters.